The SMILES string of the molecule is Cc1cc(F)cc(CNc2cc(N(C)C)c3c(c2O)C(O)=C2C(=O)[C@@]4(O)C(O)=C(C(N)=O)C(=O)[C@H](N(C)C)[C@H]4C[C@H]2C3)c1. The Kier molecular flexibility index (Phi) is 7.26. The average molecular weight is 595 g/mol. The summed E-state index contributed by atoms with van der Waals surface area (Å²) in [6.07, 6.45) is 0.164. The number of aliphatic hydroxyl groups is 3. The number of nitrogens with one attached hydrogen (secondary N) is 1. The number of rotatable bonds is 6. The van der Waals surface area contributed by atoms with Gasteiger partial charge in [-0.25, -0.2) is 4.39 Å². The number of benzene rings is 2. The molecule has 0 aromatic heterocycles. The highest BCUT2D eigenvalue weighted by Gasteiger charge is 2.64. The first-order valence-electron chi connectivity index (χ1n) is 13.8. The number of nitrogens with two attached hydrogens (primary N) is 1. The van der Waals surface area contributed by atoms with Crippen LogP contribution in [0.1, 0.15) is 28.7 Å². The standard InChI is InChI=1S/C31H35FN4O7/c1-13-6-14(8-16(32)7-13)12-34-19-11-20(35(2)3)17-9-15-10-18-24(36(4)5)27(39)23(30(33)42)29(41)31(18,43)28(40)21(15)26(38)22(17)25(19)37/h6-8,11,15,18,24,34,37-38,41,43H,9-10,12H2,1-5H3,(H2,33,42)/t15-,18-,24-,31-/m1/s1. The number of Topliss-reactive ketones (excluding diaryl/α,β-unsaturated/α-hetero) is 2. The molecule has 0 spiro atoms. The Hall–Kier alpha value is -4.42. The number of ketones is 2. The minimum Gasteiger partial charge on any atom is -0.508 e. The first kappa shape index (κ1) is 30.1. The predicted octanol–water partition coefficient (Wildman–Crippen LogP) is 2.09. The molecule has 5 rings (SSSR count). The molecular weight excluding hydrogens is 559 g/mol. The van der Waals surface area contributed by atoms with E-state index < -0.39 is 63.9 Å². The van der Waals surface area contributed by atoms with Crippen LogP contribution in [0.3, 0.4) is 0 Å². The van der Waals surface area contributed by atoms with Gasteiger partial charge in [-0.3, -0.25) is 19.3 Å². The van der Waals surface area contributed by atoms with E-state index >= 15 is 0 Å². The topological polar surface area (TPSA) is 177 Å². The maximum atomic E-state index is 14.1. The summed E-state index contributed by atoms with van der Waals surface area (Å²) in [7, 11) is 6.66. The van der Waals surface area contributed by atoms with Crippen LogP contribution in [0, 0.1) is 24.6 Å². The number of carbonyl (C=O) groups excluding carboxylic acids is 3. The number of carbonyl (C=O) groups is 3. The largest absolute Gasteiger partial charge is 0.508 e. The van der Waals surface area contributed by atoms with Gasteiger partial charge in [-0.15, -0.1) is 0 Å². The highest BCUT2D eigenvalue weighted by Crippen LogP contribution is 2.54. The van der Waals surface area contributed by atoms with E-state index in [0.29, 0.717) is 16.8 Å². The number of fused-ring (bicyclic) bond motifs is 3. The van der Waals surface area contributed by atoms with Crippen LogP contribution in [0.2, 0.25) is 0 Å². The predicted molar refractivity (Wildman–Crippen MR) is 157 cm³/mol. The van der Waals surface area contributed by atoms with Crippen LogP contribution >= 0.6 is 0 Å². The average Bonchev–Trinajstić information content (AvgIpc) is 2.89. The van der Waals surface area contributed by atoms with Gasteiger partial charge in [0.2, 0.25) is 5.78 Å². The normalized spacial score (nSPS) is 25.0. The minimum absolute atomic E-state index is 0.00167. The molecule has 1 fully saturated rings. The molecular formula is C31H35FN4O7. The zero-order valence-electron chi connectivity index (χ0n) is 24.5. The number of halogens is 1. The van der Waals surface area contributed by atoms with E-state index in [1.807, 2.05) is 0 Å². The van der Waals surface area contributed by atoms with Crippen molar-refractivity contribution in [3.05, 3.63) is 69.2 Å². The van der Waals surface area contributed by atoms with Crippen LogP contribution in [-0.4, -0.2) is 82.6 Å². The Bertz CT molecular complexity index is 1630. The number of phenols is 1. The molecule has 7 N–H and O–H groups in total. The third-order valence-electron chi connectivity index (χ3n) is 8.76. The lowest BCUT2D eigenvalue weighted by Crippen LogP contribution is -2.65. The van der Waals surface area contributed by atoms with Crippen molar-refractivity contribution < 1.29 is 39.2 Å². The zero-order chi connectivity index (χ0) is 31.7. The summed E-state index contributed by atoms with van der Waals surface area (Å²) in [5.74, 6) is -7.49. The van der Waals surface area contributed by atoms with Crippen molar-refractivity contribution in [1.29, 1.82) is 0 Å². The summed E-state index contributed by atoms with van der Waals surface area (Å²) in [5, 5.41) is 48.9. The van der Waals surface area contributed by atoms with E-state index in [9.17, 15) is 39.2 Å². The molecule has 0 aliphatic heterocycles. The van der Waals surface area contributed by atoms with Crippen LogP contribution in [0.15, 0.2) is 41.2 Å². The van der Waals surface area contributed by atoms with E-state index in [2.05, 4.69) is 5.32 Å². The number of hydrogen-bond donors (Lipinski definition) is 6. The summed E-state index contributed by atoms with van der Waals surface area (Å²) in [5.41, 5.74) is 4.27. The molecule has 0 unspecified atom stereocenters. The van der Waals surface area contributed by atoms with E-state index in [0.717, 1.165) is 5.56 Å². The van der Waals surface area contributed by atoms with E-state index in [1.165, 1.54) is 17.0 Å². The van der Waals surface area contributed by atoms with Gasteiger partial charge in [-0.05, 0) is 74.7 Å². The van der Waals surface area contributed by atoms with Gasteiger partial charge in [0, 0.05) is 37.8 Å². The number of hydrogen-bond acceptors (Lipinski definition) is 10. The number of anilines is 2. The smallest absolute Gasteiger partial charge is 0.255 e. The van der Waals surface area contributed by atoms with Crippen molar-refractivity contribution >= 4 is 34.6 Å². The number of likely N-dealkylation sites (N-methyl/N-ethyl adjacent to an activating group) is 1. The quantitative estimate of drug-likeness (QED) is 0.214. The van der Waals surface area contributed by atoms with Crippen molar-refractivity contribution in [2.75, 3.05) is 38.4 Å². The number of phenolic OH excluding ortho intramolecular Hbond substituents is 1. The van der Waals surface area contributed by atoms with Gasteiger partial charge in [-0.1, -0.05) is 6.07 Å². The van der Waals surface area contributed by atoms with Gasteiger partial charge in [0.25, 0.3) is 5.91 Å². The summed E-state index contributed by atoms with van der Waals surface area (Å²) < 4.78 is 14.0. The molecule has 3 aliphatic rings. The molecule has 2 aromatic rings. The summed E-state index contributed by atoms with van der Waals surface area (Å²) >= 11 is 0. The van der Waals surface area contributed by atoms with Crippen LogP contribution < -0.4 is 16.0 Å². The molecule has 0 heterocycles. The Morgan fingerprint density at radius 2 is 1.79 bits per heavy atom. The number of aryl methyl sites for hydroxylation is 1. The second-order valence-corrected chi connectivity index (χ2v) is 12.0. The molecule has 0 radical (unpaired) electrons. The number of aromatic hydroxyl groups is 1. The fourth-order valence-electron chi connectivity index (χ4n) is 6.94. The summed E-state index contributed by atoms with van der Waals surface area (Å²) in [6, 6.07) is 5.08. The Balaban J connectivity index is 1.66. The first-order valence-corrected chi connectivity index (χ1v) is 13.8. The molecule has 0 saturated heterocycles. The van der Waals surface area contributed by atoms with Crippen molar-refractivity contribution in [3.63, 3.8) is 0 Å². The van der Waals surface area contributed by atoms with Crippen LogP contribution in [0.5, 0.6) is 5.75 Å². The monoisotopic (exact) mass is 594 g/mol. The number of primary amides is 1. The number of amides is 1. The summed E-state index contributed by atoms with van der Waals surface area (Å²) in [4.78, 5) is 42.8. The number of nitrogens with zero attached hydrogens (tertiary/aromatic N) is 2. The molecule has 2 aromatic carbocycles. The van der Waals surface area contributed by atoms with Crippen LogP contribution in [0.25, 0.3) is 5.76 Å². The van der Waals surface area contributed by atoms with Crippen LogP contribution in [-0.2, 0) is 27.3 Å². The second kappa shape index (κ2) is 10.4. The zero-order valence-corrected chi connectivity index (χ0v) is 24.5. The maximum absolute atomic E-state index is 14.1. The van der Waals surface area contributed by atoms with Crippen molar-refractivity contribution in [2.24, 2.45) is 17.6 Å². The summed E-state index contributed by atoms with van der Waals surface area (Å²) in [6.45, 7) is 1.91. The second-order valence-electron chi connectivity index (χ2n) is 12.0. The maximum Gasteiger partial charge on any atom is 0.255 e. The molecule has 43 heavy (non-hydrogen) atoms. The van der Waals surface area contributed by atoms with Crippen LogP contribution in [0.4, 0.5) is 15.8 Å². The molecule has 0 bridgehead atoms. The molecule has 12 heteroatoms. The third kappa shape index (κ3) is 4.52. The van der Waals surface area contributed by atoms with E-state index in [1.54, 1.807) is 52.1 Å². The van der Waals surface area contributed by atoms with Crippen molar-refractivity contribution in [1.82, 2.24) is 4.90 Å². The first-order chi connectivity index (χ1) is 20.1. The molecule has 3 aliphatic carbocycles. The minimum atomic E-state index is -2.71. The lowest BCUT2D eigenvalue weighted by atomic mass is 9.57. The molecule has 1 amide bonds. The van der Waals surface area contributed by atoms with E-state index in [4.69, 9.17) is 5.73 Å². The molecule has 1 saturated carbocycles. The molecule has 4 atom stereocenters. The highest BCUT2D eigenvalue weighted by atomic mass is 19.1. The van der Waals surface area contributed by atoms with Gasteiger partial charge in [0.15, 0.2) is 11.4 Å². The van der Waals surface area contributed by atoms with Gasteiger partial charge < -0.3 is 36.4 Å². The van der Waals surface area contributed by atoms with Gasteiger partial charge >= 0.3 is 0 Å². The van der Waals surface area contributed by atoms with Crippen molar-refractivity contribution in [3.8, 4) is 5.75 Å². The fourth-order valence-corrected chi connectivity index (χ4v) is 6.94. The lowest BCUT2D eigenvalue weighted by Gasteiger charge is -2.50. The molecule has 228 valence electrons. The van der Waals surface area contributed by atoms with Gasteiger partial charge in [-0.2, -0.15) is 0 Å². The van der Waals surface area contributed by atoms with Gasteiger partial charge in [0.05, 0.1) is 17.3 Å². The lowest BCUT2D eigenvalue weighted by molar-refractivity contribution is -0.153. The Morgan fingerprint density at radius 3 is 2.37 bits per heavy atom. The fraction of sp³-hybridized carbons (Fsp3) is 0.387. The third-order valence-corrected chi connectivity index (χ3v) is 8.76. The Labute approximate surface area is 247 Å². The number of aliphatic hydroxyl groups excluding tert-OH is 2. The van der Waals surface area contributed by atoms with Crippen molar-refractivity contribution in [2.45, 2.75) is 38.0 Å². The molecule has 11 nitrogen and oxygen atoms in total. The Morgan fingerprint density at radius 1 is 1.12 bits per heavy atom. The highest BCUT2D eigenvalue weighted by molar-refractivity contribution is 6.24. The van der Waals surface area contributed by atoms with E-state index in [-0.39, 0.29) is 42.0 Å². The van der Waals surface area contributed by atoms with Gasteiger partial charge in [0.1, 0.15) is 28.7 Å².